The van der Waals surface area contributed by atoms with Crippen LogP contribution >= 0.6 is 0 Å². The molecule has 0 atom stereocenters. The molecule has 0 aliphatic carbocycles. The maximum absolute atomic E-state index is 12.1. The van der Waals surface area contributed by atoms with Gasteiger partial charge in [-0.3, -0.25) is 0 Å². The van der Waals surface area contributed by atoms with E-state index >= 15 is 0 Å². The van der Waals surface area contributed by atoms with Gasteiger partial charge in [-0.1, -0.05) is 5.16 Å². The van der Waals surface area contributed by atoms with Crippen LogP contribution in [0.1, 0.15) is 19.3 Å². The lowest BCUT2D eigenvalue weighted by Crippen LogP contribution is -2.40. The minimum Gasteiger partial charge on any atom is -0.409 e. The van der Waals surface area contributed by atoms with Crippen molar-refractivity contribution in [2.45, 2.75) is 24.5 Å². The first kappa shape index (κ1) is 14.2. The zero-order valence-corrected chi connectivity index (χ0v) is 10.7. The van der Waals surface area contributed by atoms with E-state index in [1.807, 2.05) is 0 Å². The molecule has 1 aliphatic rings. The minimum atomic E-state index is -3.30. The number of hydrogen-bond acceptors (Lipinski definition) is 5. The Morgan fingerprint density at radius 1 is 1.53 bits per heavy atom. The Morgan fingerprint density at radius 3 is 2.65 bits per heavy atom. The predicted molar refractivity (Wildman–Crippen MR) is 63.4 cm³/mol. The van der Waals surface area contributed by atoms with Crippen LogP contribution in [0.5, 0.6) is 0 Å². The molecule has 0 bridgehead atoms. The number of sulfonamides is 1. The first-order chi connectivity index (χ1) is 7.98. The molecule has 0 aromatic heterocycles. The van der Waals surface area contributed by atoms with E-state index in [9.17, 15) is 8.42 Å². The van der Waals surface area contributed by atoms with E-state index < -0.39 is 10.0 Å². The van der Waals surface area contributed by atoms with E-state index in [1.165, 1.54) is 11.4 Å². The third-order valence-electron chi connectivity index (χ3n) is 2.84. The highest BCUT2D eigenvalue weighted by atomic mass is 32.2. The van der Waals surface area contributed by atoms with E-state index in [1.54, 1.807) is 0 Å². The van der Waals surface area contributed by atoms with E-state index in [2.05, 4.69) is 5.16 Å². The lowest BCUT2D eigenvalue weighted by Gasteiger charge is -2.27. The molecule has 3 N–H and O–H groups in total. The van der Waals surface area contributed by atoms with Gasteiger partial charge in [-0.15, -0.1) is 0 Å². The van der Waals surface area contributed by atoms with Crippen LogP contribution in [-0.2, 0) is 14.8 Å². The summed E-state index contributed by atoms with van der Waals surface area (Å²) in [6, 6.07) is 0. The van der Waals surface area contributed by atoms with Gasteiger partial charge in [-0.25, -0.2) is 12.7 Å². The number of rotatable bonds is 5. The van der Waals surface area contributed by atoms with Crippen LogP contribution < -0.4 is 5.73 Å². The molecule has 7 nitrogen and oxygen atoms in total. The van der Waals surface area contributed by atoms with Crippen molar-refractivity contribution in [3.8, 4) is 0 Å². The van der Waals surface area contributed by atoms with Gasteiger partial charge < -0.3 is 15.7 Å². The number of nitrogens with two attached hydrogens (primary N) is 1. The van der Waals surface area contributed by atoms with E-state index in [0.717, 1.165) is 0 Å². The summed E-state index contributed by atoms with van der Waals surface area (Å²) in [4.78, 5) is 0. The zero-order chi connectivity index (χ0) is 12.9. The van der Waals surface area contributed by atoms with Gasteiger partial charge in [-0.2, -0.15) is 0 Å². The van der Waals surface area contributed by atoms with Gasteiger partial charge in [0.25, 0.3) is 0 Å². The van der Waals surface area contributed by atoms with Crippen LogP contribution in [0.15, 0.2) is 5.16 Å². The summed E-state index contributed by atoms with van der Waals surface area (Å²) in [5.41, 5.74) is 5.30. The van der Waals surface area contributed by atoms with Crippen LogP contribution in [0.2, 0.25) is 0 Å². The molecule has 1 rings (SSSR count). The average Bonchev–Trinajstić information content (AvgIpc) is 2.36. The second-order valence-corrected chi connectivity index (χ2v) is 6.34. The van der Waals surface area contributed by atoms with E-state index in [4.69, 9.17) is 15.7 Å². The molecule has 1 saturated heterocycles. The molecule has 0 amide bonds. The first-order valence-corrected chi connectivity index (χ1v) is 6.98. The number of oxime groups is 1. The largest absolute Gasteiger partial charge is 0.409 e. The standard InChI is InChI=1S/C9H19N3O4S/c1-12(5-2-9(10)11-13)17(14,15)8-3-6-16-7-4-8/h8,13H,2-7H2,1H3,(H2,10,11). The molecule has 1 heterocycles. The number of ether oxygens (including phenoxy) is 1. The van der Waals surface area contributed by atoms with E-state index in [0.29, 0.717) is 26.1 Å². The summed E-state index contributed by atoms with van der Waals surface area (Å²) in [5, 5.41) is 10.8. The molecule has 8 heteroatoms. The monoisotopic (exact) mass is 265 g/mol. The minimum absolute atomic E-state index is 0.0269. The van der Waals surface area contributed by atoms with Crippen LogP contribution in [-0.4, -0.2) is 55.8 Å². The van der Waals surface area contributed by atoms with Gasteiger partial charge in [0, 0.05) is 33.2 Å². The molecule has 1 aliphatic heterocycles. The molecule has 17 heavy (non-hydrogen) atoms. The normalized spacial score (nSPS) is 19.8. The zero-order valence-electron chi connectivity index (χ0n) is 9.87. The molecule has 0 aromatic carbocycles. The molecule has 0 unspecified atom stereocenters. The van der Waals surface area contributed by atoms with Crippen LogP contribution in [0, 0.1) is 0 Å². The van der Waals surface area contributed by atoms with Gasteiger partial charge in [0.1, 0.15) is 5.84 Å². The Hall–Kier alpha value is -0.860. The molecule has 0 radical (unpaired) electrons. The smallest absolute Gasteiger partial charge is 0.216 e. The number of amidine groups is 1. The highest BCUT2D eigenvalue weighted by Gasteiger charge is 2.31. The summed E-state index contributed by atoms with van der Waals surface area (Å²) in [5.74, 6) is 0.0269. The van der Waals surface area contributed by atoms with Crippen LogP contribution in [0.25, 0.3) is 0 Å². The fraction of sp³-hybridized carbons (Fsp3) is 0.889. The molecule has 0 spiro atoms. The van der Waals surface area contributed by atoms with Gasteiger partial charge in [0.05, 0.1) is 5.25 Å². The molecule has 100 valence electrons. The maximum atomic E-state index is 12.1. The second-order valence-electron chi connectivity index (χ2n) is 4.02. The lowest BCUT2D eigenvalue weighted by atomic mass is 10.2. The van der Waals surface area contributed by atoms with E-state index in [-0.39, 0.29) is 24.1 Å². The van der Waals surface area contributed by atoms with Crippen molar-refractivity contribution >= 4 is 15.9 Å². The molecule has 1 fully saturated rings. The predicted octanol–water partition coefficient (Wildman–Crippen LogP) is -0.436. The Kier molecular flexibility index (Phi) is 5.16. The third-order valence-corrected chi connectivity index (χ3v) is 5.20. The average molecular weight is 265 g/mol. The molecular weight excluding hydrogens is 246 g/mol. The molecule has 0 saturated carbocycles. The van der Waals surface area contributed by atoms with Crippen molar-refractivity contribution in [2.24, 2.45) is 10.9 Å². The summed E-state index contributed by atoms with van der Waals surface area (Å²) in [7, 11) is -1.80. The lowest BCUT2D eigenvalue weighted by molar-refractivity contribution is 0.0974. The van der Waals surface area contributed by atoms with Gasteiger partial charge in [0.2, 0.25) is 10.0 Å². The summed E-state index contributed by atoms with van der Waals surface area (Å²) in [6.45, 7) is 1.19. The maximum Gasteiger partial charge on any atom is 0.216 e. The molecular formula is C9H19N3O4S. The van der Waals surface area contributed by atoms with Crippen molar-refractivity contribution < 1.29 is 18.4 Å². The van der Waals surface area contributed by atoms with Crippen LogP contribution in [0.4, 0.5) is 0 Å². The highest BCUT2D eigenvalue weighted by Crippen LogP contribution is 2.18. The highest BCUT2D eigenvalue weighted by molar-refractivity contribution is 7.89. The summed E-state index contributed by atoms with van der Waals surface area (Å²) < 4.78 is 30.6. The van der Waals surface area contributed by atoms with Crippen molar-refractivity contribution in [2.75, 3.05) is 26.8 Å². The Morgan fingerprint density at radius 2 is 2.12 bits per heavy atom. The second kappa shape index (κ2) is 6.18. The fourth-order valence-electron chi connectivity index (χ4n) is 1.68. The Bertz CT molecular complexity index is 362. The van der Waals surface area contributed by atoms with Gasteiger partial charge in [-0.05, 0) is 12.8 Å². The Balaban J connectivity index is 2.56. The van der Waals surface area contributed by atoms with Crippen molar-refractivity contribution in [1.29, 1.82) is 0 Å². The van der Waals surface area contributed by atoms with Crippen molar-refractivity contribution in [3.05, 3.63) is 0 Å². The van der Waals surface area contributed by atoms with Gasteiger partial charge in [0.15, 0.2) is 0 Å². The number of hydrogen-bond donors (Lipinski definition) is 2. The Labute approximate surface area is 101 Å². The summed E-state index contributed by atoms with van der Waals surface area (Å²) >= 11 is 0. The SMILES string of the molecule is CN(CCC(N)=NO)S(=O)(=O)C1CCOCC1. The topological polar surface area (TPSA) is 105 Å². The summed E-state index contributed by atoms with van der Waals surface area (Å²) in [6.07, 6.45) is 1.27. The quantitative estimate of drug-likeness (QED) is 0.303. The molecule has 0 aromatic rings. The first-order valence-electron chi connectivity index (χ1n) is 5.47. The van der Waals surface area contributed by atoms with Crippen LogP contribution in [0.3, 0.4) is 0 Å². The fourth-order valence-corrected chi connectivity index (χ4v) is 3.32. The van der Waals surface area contributed by atoms with Gasteiger partial charge >= 0.3 is 0 Å². The van der Waals surface area contributed by atoms with Crippen molar-refractivity contribution in [1.82, 2.24) is 4.31 Å². The number of nitrogens with zero attached hydrogens (tertiary/aromatic N) is 2. The van der Waals surface area contributed by atoms with Crippen molar-refractivity contribution in [3.63, 3.8) is 0 Å². The third kappa shape index (κ3) is 3.83.